The van der Waals surface area contributed by atoms with Crippen LogP contribution in [0.2, 0.25) is 0 Å². The molecule has 0 fully saturated rings. The lowest BCUT2D eigenvalue weighted by Gasteiger charge is -2.32. The predicted molar refractivity (Wildman–Crippen MR) is 78.8 cm³/mol. The molecule has 0 bridgehead atoms. The second-order valence-corrected chi connectivity index (χ2v) is 5.49. The molecule has 1 aliphatic heterocycles. The zero-order chi connectivity index (χ0) is 13.9. The molecule has 1 aliphatic rings. The van der Waals surface area contributed by atoms with Crippen molar-refractivity contribution < 1.29 is 4.74 Å². The molecule has 0 saturated carbocycles. The third kappa shape index (κ3) is 2.70. The highest BCUT2D eigenvalue weighted by Gasteiger charge is 2.26. The standard InChI is InChI=1S/C16H21N3O/c1-12-11-20-15-6-4-3-5-14(15)16(12)17-9-7-13-8-10-19(2)18-13/h3-6,8,10,12,16-17H,7,9,11H2,1-2H3. The van der Waals surface area contributed by atoms with Gasteiger partial charge in [-0.3, -0.25) is 4.68 Å². The number of benzene rings is 1. The molecule has 3 rings (SSSR count). The maximum absolute atomic E-state index is 5.78. The third-order valence-electron chi connectivity index (χ3n) is 3.84. The Bertz CT molecular complexity index is 579. The van der Waals surface area contributed by atoms with Crippen molar-refractivity contribution in [2.75, 3.05) is 13.2 Å². The lowest BCUT2D eigenvalue weighted by atomic mass is 9.92. The monoisotopic (exact) mass is 271 g/mol. The van der Waals surface area contributed by atoms with Crippen LogP contribution in [0.5, 0.6) is 5.75 Å². The van der Waals surface area contributed by atoms with Crippen molar-refractivity contribution in [1.82, 2.24) is 15.1 Å². The summed E-state index contributed by atoms with van der Waals surface area (Å²) < 4.78 is 7.63. The minimum atomic E-state index is 0.365. The van der Waals surface area contributed by atoms with Crippen LogP contribution in [-0.4, -0.2) is 22.9 Å². The average molecular weight is 271 g/mol. The highest BCUT2D eigenvalue weighted by molar-refractivity contribution is 5.37. The predicted octanol–water partition coefficient (Wildman–Crippen LogP) is 2.32. The van der Waals surface area contributed by atoms with Gasteiger partial charge in [-0.25, -0.2) is 0 Å². The second-order valence-electron chi connectivity index (χ2n) is 5.49. The smallest absolute Gasteiger partial charge is 0.124 e. The maximum Gasteiger partial charge on any atom is 0.124 e. The van der Waals surface area contributed by atoms with Crippen LogP contribution < -0.4 is 10.1 Å². The molecule has 20 heavy (non-hydrogen) atoms. The molecule has 0 aliphatic carbocycles. The Morgan fingerprint density at radius 1 is 1.35 bits per heavy atom. The Kier molecular flexibility index (Phi) is 3.74. The molecule has 1 aromatic carbocycles. The number of nitrogens with zero attached hydrogens (tertiary/aromatic N) is 2. The van der Waals surface area contributed by atoms with Gasteiger partial charge in [0.2, 0.25) is 0 Å². The van der Waals surface area contributed by atoms with Crippen molar-refractivity contribution >= 4 is 0 Å². The maximum atomic E-state index is 5.78. The fourth-order valence-corrected chi connectivity index (χ4v) is 2.76. The van der Waals surface area contributed by atoms with E-state index in [0.29, 0.717) is 12.0 Å². The molecule has 0 saturated heterocycles. The summed E-state index contributed by atoms with van der Waals surface area (Å²) in [5.41, 5.74) is 2.40. The zero-order valence-electron chi connectivity index (χ0n) is 12.0. The molecule has 2 unspecified atom stereocenters. The number of fused-ring (bicyclic) bond motifs is 1. The molecule has 2 heterocycles. The van der Waals surface area contributed by atoms with E-state index < -0.39 is 0 Å². The molecular formula is C16H21N3O. The largest absolute Gasteiger partial charge is 0.493 e. The van der Waals surface area contributed by atoms with Gasteiger partial charge < -0.3 is 10.1 Å². The van der Waals surface area contributed by atoms with E-state index in [9.17, 15) is 0 Å². The van der Waals surface area contributed by atoms with Gasteiger partial charge in [-0.05, 0) is 12.1 Å². The van der Waals surface area contributed by atoms with Crippen molar-refractivity contribution in [1.29, 1.82) is 0 Å². The van der Waals surface area contributed by atoms with Crippen LogP contribution in [0.3, 0.4) is 0 Å². The summed E-state index contributed by atoms with van der Waals surface area (Å²) in [7, 11) is 1.95. The number of rotatable bonds is 4. The highest BCUT2D eigenvalue weighted by atomic mass is 16.5. The van der Waals surface area contributed by atoms with Crippen LogP contribution in [0.25, 0.3) is 0 Å². The summed E-state index contributed by atoms with van der Waals surface area (Å²) >= 11 is 0. The molecule has 2 aromatic rings. The molecular weight excluding hydrogens is 250 g/mol. The van der Waals surface area contributed by atoms with Crippen molar-refractivity contribution in [3.63, 3.8) is 0 Å². The Balaban J connectivity index is 1.64. The van der Waals surface area contributed by atoms with Crippen molar-refractivity contribution in [3.8, 4) is 5.75 Å². The summed E-state index contributed by atoms with van der Waals surface area (Å²) in [6.45, 7) is 3.94. The Morgan fingerprint density at radius 3 is 3.00 bits per heavy atom. The first-order chi connectivity index (χ1) is 9.74. The summed E-state index contributed by atoms with van der Waals surface area (Å²) in [5, 5.41) is 8.06. The van der Waals surface area contributed by atoms with Gasteiger partial charge in [0, 0.05) is 43.7 Å². The van der Waals surface area contributed by atoms with E-state index >= 15 is 0 Å². The van der Waals surface area contributed by atoms with Gasteiger partial charge in [0.25, 0.3) is 0 Å². The molecule has 2 atom stereocenters. The topological polar surface area (TPSA) is 39.1 Å². The van der Waals surface area contributed by atoms with Crippen LogP contribution in [0.1, 0.15) is 24.2 Å². The lowest BCUT2D eigenvalue weighted by molar-refractivity contribution is 0.189. The quantitative estimate of drug-likeness (QED) is 0.927. The van der Waals surface area contributed by atoms with Gasteiger partial charge in [0.15, 0.2) is 0 Å². The van der Waals surface area contributed by atoms with E-state index in [1.807, 2.05) is 24.0 Å². The van der Waals surface area contributed by atoms with Crippen molar-refractivity contribution in [2.45, 2.75) is 19.4 Å². The highest BCUT2D eigenvalue weighted by Crippen LogP contribution is 2.34. The molecule has 4 nitrogen and oxygen atoms in total. The third-order valence-corrected chi connectivity index (χ3v) is 3.84. The molecule has 0 radical (unpaired) electrons. The number of nitrogens with one attached hydrogen (secondary N) is 1. The lowest BCUT2D eigenvalue weighted by Crippen LogP contribution is -2.35. The van der Waals surface area contributed by atoms with Crippen molar-refractivity contribution in [3.05, 3.63) is 47.8 Å². The molecule has 4 heteroatoms. The summed E-state index contributed by atoms with van der Waals surface area (Å²) in [6.07, 6.45) is 2.94. The molecule has 1 aromatic heterocycles. The Hall–Kier alpha value is -1.81. The first-order valence-corrected chi connectivity index (χ1v) is 7.17. The zero-order valence-corrected chi connectivity index (χ0v) is 12.0. The van der Waals surface area contributed by atoms with E-state index in [1.165, 1.54) is 5.56 Å². The van der Waals surface area contributed by atoms with Gasteiger partial charge >= 0.3 is 0 Å². The van der Waals surface area contributed by atoms with Gasteiger partial charge in [-0.1, -0.05) is 25.1 Å². The fourth-order valence-electron chi connectivity index (χ4n) is 2.76. The van der Waals surface area contributed by atoms with Gasteiger partial charge in [0.05, 0.1) is 12.3 Å². The number of aryl methyl sites for hydroxylation is 1. The van der Waals surface area contributed by atoms with E-state index in [1.54, 1.807) is 0 Å². The molecule has 106 valence electrons. The van der Waals surface area contributed by atoms with Crippen molar-refractivity contribution in [2.24, 2.45) is 13.0 Å². The number of para-hydroxylation sites is 1. The summed E-state index contributed by atoms with van der Waals surface area (Å²) in [6, 6.07) is 10.7. The van der Waals surface area contributed by atoms with Crippen LogP contribution >= 0.6 is 0 Å². The number of hydrogen-bond donors (Lipinski definition) is 1. The van der Waals surface area contributed by atoms with Gasteiger partial charge in [0.1, 0.15) is 5.75 Å². The van der Waals surface area contributed by atoms with E-state index in [-0.39, 0.29) is 0 Å². The summed E-state index contributed by atoms with van der Waals surface area (Å²) in [5.74, 6) is 1.49. The van der Waals surface area contributed by atoms with Gasteiger partial charge in [-0.15, -0.1) is 0 Å². The normalized spacial score (nSPS) is 21.3. The SMILES string of the molecule is CC1COc2ccccc2C1NCCc1ccn(C)n1. The Labute approximate surface area is 119 Å². The van der Waals surface area contributed by atoms with Crippen LogP contribution in [0, 0.1) is 5.92 Å². The number of aromatic nitrogens is 2. The van der Waals surface area contributed by atoms with E-state index in [4.69, 9.17) is 4.74 Å². The van der Waals surface area contributed by atoms with E-state index in [2.05, 4.69) is 41.6 Å². The van der Waals surface area contributed by atoms with Crippen LogP contribution in [0.15, 0.2) is 36.5 Å². The summed E-state index contributed by atoms with van der Waals surface area (Å²) in [4.78, 5) is 0. The average Bonchev–Trinajstić information content (AvgIpc) is 2.87. The molecule has 1 N–H and O–H groups in total. The fraction of sp³-hybridized carbons (Fsp3) is 0.438. The first-order valence-electron chi connectivity index (χ1n) is 7.17. The minimum absolute atomic E-state index is 0.365. The Morgan fingerprint density at radius 2 is 2.20 bits per heavy atom. The number of hydrogen-bond acceptors (Lipinski definition) is 3. The van der Waals surface area contributed by atoms with Crippen LogP contribution in [0.4, 0.5) is 0 Å². The minimum Gasteiger partial charge on any atom is -0.493 e. The molecule has 0 spiro atoms. The second kappa shape index (κ2) is 5.67. The first kappa shape index (κ1) is 13.2. The van der Waals surface area contributed by atoms with Crippen LogP contribution in [-0.2, 0) is 13.5 Å². The van der Waals surface area contributed by atoms with Gasteiger partial charge in [-0.2, -0.15) is 5.10 Å². The van der Waals surface area contributed by atoms with E-state index in [0.717, 1.165) is 31.0 Å². The number of ether oxygens (including phenoxy) is 1. The molecule has 0 amide bonds.